The Morgan fingerprint density at radius 3 is 2.80 bits per heavy atom. The first kappa shape index (κ1) is 15.8. The summed E-state index contributed by atoms with van der Waals surface area (Å²) in [5.41, 5.74) is 1.13. The number of aromatic nitrogens is 3. The van der Waals surface area contributed by atoms with E-state index in [2.05, 4.69) is 15.4 Å². The van der Waals surface area contributed by atoms with E-state index in [0.717, 1.165) is 24.2 Å². The normalized spacial score (nSPS) is 15.8. The van der Waals surface area contributed by atoms with Crippen molar-refractivity contribution >= 4 is 23.2 Å². The van der Waals surface area contributed by atoms with E-state index in [4.69, 9.17) is 11.6 Å². The number of carbonyl (C=O) groups is 1. The van der Waals surface area contributed by atoms with Crippen LogP contribution in [0, 0.1) is 5.82 Å². The van der Waals surface area contributed by atoms with Gasteiger partial charge in [-0.3, -0.25) is 4.79 Å². The number of aryl methyl sites for hydroxylation is 1. The lowest BCUT2D eigenvalue weighted by Crippen LogP contribution is -2.16. The number of hydrogen-bond acceptors (Lipinski definition) is 3. The molecule has 7 heteroatoms. The van der Waals surface area contributed by atoms with Gasteiger partial charge in [-0.15, -0.1) is 5.10 Å². The van der Waals surface area contributed by atoms with Crippen molar-refractivity contribution in [1.29, 1.82) is 0 Å². The van der Waals surface area contributed by atoms with E-state index in [9.17, 15) is 9.18 Å². The van der Waals surface area contributed by atoms with Gasteiger partial charge in [-0.1, -0.05) is 48.0 Å². The fourth-order valence-corrected chi connectivity index (χ4v) is 3.20. The van der Waals surface area contributed by atoms with Crippen molar-refractivity contribution in [3.8, 4) is 0 Å². The third kappa shape index (κ3) is 2.89. The number of carbonyl (C=O) groups excluding carboxylic acids is 1. The van der Waals surface area contributed by atoms with Crippen molar-refractivity contribution in [1.82, 2.24) is 14.8 Å². The van der Waals surface area contributed by atoms with Gasteiger partial charge in [0.25, 0.3) is 5.91 Å². The summed E-state index contributed by atoms with van der Waals surface area (Å²) < 4.78 is 15.7. The maximum absolute atomic E-state index is 13.9. The summed E-state index contributed by atoms with van der Waals surface area (Å²) in [6.45, 7) is 0. The minimum Gasteiger partial charge on any atom is -0.317 e. The van der Waals surface area contributed by atoms with Crippen LogP contribution in [0.1, 0.15) is 34.5 Å². The topological polar surface area (TPSA) is 59.8 Å². The molecule has 1 atom stereocenters. The van der Waals surface area contributed by atoms with Crippen LogP contribution in [-0.4, -0.2) is 20.7 Å². The maximum Gasteiger partial charge on any atom is 0.295 e. The summed E-state index contributed by atoms with van der Waals surface area (Å²) in [6.07, 6.45) is 1.63. The number of amides is 1. The predicted octanol–water partition coefficient (Wildman–Crippen LogP) is 3.86. The molecule has 1 aliphatic rings. The van der Waals surface area contributed by atoms with Gasteiger partial charge in [0.15, 0.2) is 5.82 Å². The molecule has 4 rings (SSSR count). The Kier molecular flexibility index (Phi) is 3.97. The quantitative estimate of drug-likeness (QED) is 0.775. The molecule has 126 valence electrons. The zero-order valence-corrected chi connectivity index (χ0v) is 13.9. The summed E-state index contributed by atoms with van der Waals surface area (Å²) >= 11 is 5.73. The molecule has 1 aromatic heterocycles. The average molecular weight is 357 g/mol. The Morgan fingerprint density at radius 1 is 1.20 bits per heavy atom. The van der Waals surface area contributed by atoms with Gasteiger partial charge in [0.1, 0.15) is 5.82 Å². The van der Waals surface area contributed by atoms with E-state index in [1.54, 1.807) is 10.7 Å². The first-order valence-corrected chi connectivity index (χ1v) is 8.27. The molecule has 1 N–H and O–H groups in total. The van der Waals surface area contributed by atoms with Gasteiger partial charge in [-0.25, -0.2) is 14.1 Å². The first-order valence-electron chi connectivity index (χ1n) is 7.89. The van der Waals surface area contributed by atoms with Crippen molar-refractivity contribution in [3.63, 3.8) is 0 Å². The van der Waals surface area contributed by atoms with Crippen LogP contribution < -0.4 is 5.32 Å². The highest BCUT2D eigenvalue weighted by Gasteiger charge is 2.28. The Morgan fingerprint density at radius 2 is 2.00 bits per heavy atom. The zero-order chi connectivity index (χ0) is 17.4. The minimum atomic E-state index is -0.675. The number of nitrogens with one attached hydrogen (secondary N) is 1. The van der Waals surface area contributed by atoms with Gasteiger partial charge in [-0.2, -0.15) is 0 Å². The van der Waals surface area contributed by atoms with Crippen LogP contribution in [0.4, 0.5) is 10.1 Å². The molecule has 0 saturated carbocycles. The second kappa shape index (κ2) is 6.29. The number of halogens is 2. The van der Waals surface area contributed by atoms with E-state index in [-0.39, 0.29) is 22.6 Å². The minimum absolute atomic E-state index is 0.00655. The number of hydrogen-bond donors (Lipinski definition) is 1. The molecule has 2 heterocycles. The molecule has 0 bridgehead atoms. The first-order chi connectivity index (χ1) is 12.1. The highest BCUT2D eigenvalue weighted by atomic mass is 35.5. The maximum atomic E-state index is 13.9. The summed E-state index contributed by atoms with van der Waals surface area (Å²) in [5, 5.41) is 6.76. The fourth-order valence-electron chi connectivity index (χ4n) is 3.02. The predicted molar refractivity (Wildman–Crippen MR) is 92.3 cm³/mol. The standard InChI is InChI=1S/C18H14ClFN4O/c19-12-7-4-8-13(16(12)20)21-18(25)17-22-15-10-9-14(24(15)23-17)11-5-2-1-3-6-11/h1-8,14H,9-10H2,(H,21,25). The molecule has 1 unspecified atom stereocenters. The molecule has 5 nitrogen and oxygen atoms in total. The molecule has 1 amide bonds. The molecule has 0 aliphatic carbocycles. The molecular formula is C18H14ClFN4O. The molecule has 1 aliphatic heterocycles. The van der Waals surface area contributed by atoms with Crippen LogP contribution in [0.5, 0.6) is 0 Å². The molecule has 0 saturated heterocycles. The van der Waals surface area contributed by atoms with Gasteiger partial charge in [0.05, 0.1) is 16.8 Å². The lowest BCUT2D eigenvalue weighted by Gasteiger charge is -2.11. The number of fused-ring (bicyclic) bond motifs is 1. The largest absolute Gasteiger partial charge is 0.317 e. The number of anilines is 1. The Hall–Kier alpha value is -2.73. The van der Waals surface area contributed by atoms with Gasteiger partial charge >= 0.3 is 0 Å². The van der Waals surface area contributed by atoms with Crippen LogP contribution in [0.3, 0.4) is 0 Å². The Balaban J connectivity index is 1.59. The van der Waals surface area contributed by atoms with Crippen molar-refractivity contribution in [3.05, 3.63) is 76.6 Å². The number of benzene rings is 2. The molecule has 2 aromatic carbocycles. The molecule has 0 radical (unpaired) electrons. The molecule has 0 fully saturated rings. The Labute approximate surface area is 148 Å². The summed E-state index contributed by atoms with van der Waals surface area (Å²) in [7, 11) is 0. The highest BCUT2D eigenvalue weighted by Crippen LogP contribution is 2.30. The van der Waals surface area contributed by atoms with Crippen molar-refractivity contribution in [2.75, 3.05) is 5.32 Å². The number of rotatable bonds is 3. The van der Waals surface area contributed by atoms with E-state index in [1.165, 1.54) is 12.1 Å². The van der Waals surface area contributed by atoms with Gasteiger partial charge < -0.3 is 5.32 Å². The average Bonchev–Trinajstić information content (AvgIpc) is 3.20. The lowest BCUT2D eigenvalue weighted by molar-refractivity contribution is 0.101. The third-order valence-electron chi connectivity index (χ3n) is 4.23. The second-order valence-electron chi connectivity index (χ2n) is 5.82. The third-order valence-corrected chi connectivity index (χ3v) is 4.52. The van der Waals surface area contributed by atoms with Crippen molar-refractivity contribution in [2.45, 2.75) is 18.9 Å². The van der Waals surface area contributed by atoms with Crippen LogP contribution in [0.2, 0.25) is 5.02 Å². The lowest BCUT2D eigenvalue weighted by atomic mass is 10.1. The van der Waals surface area contributed by atoms with E-state index >= 15 is 0 Å². The molecule has 25 heavy (non-hydrogen) atoms. The van der Waals surface area contributed by atoms with Gasteiger partial charge in [0, 0.05) is 6.42 Å². The van der Waals surface area contributed by atoms with E-state index < -0.39 is 11.7 Å². The SMILES string of the molecule is O=C(Nc1cccc(Cl)c1F)c1nc2n(n1)C(c1ccccc1)CC2. The van der Waals surface area contributed by atoms with Crippen LogP contribution in [-0.2, 0) is 6.42 Å². The monoisotopic (exact) mass is 356 g/mol. The van der Waals surface area contributed by atoms with E-state index in [1.807, 2.05) is 30.3 Å². The van der Waals surface area contributed by atoms with Crippen LogP contribution >= 0.6 is 11.6 Å². The Bertz CT molecular complexity index is 942. The van der Waals surface area contributed by atoms with Crippen molar-refractivity contribution < 1.29 is 9.18 Å². The summed E-state index contributed by atoms with van der Waals surface area (Å²) in [6, 6.07) is 14.4. The van der Waals surface area contributed by atoms with Crippen molar-refractivity contribution in [2.24, 2.45) is 0 Å². The van der Waals surface area contributed by atoms with Gasteiger partial charge in [0.2, 0.25) is 5.82 Å². The van der Waals surface area contributed by atoms with E-state index in [0.29, 0.717) is 0 Å². The molecular weight excluding hydrogens is 343 g/mol. The molecule has 0 spiro atoms. The smallest absolute Gasteiger partial charge is 0.295 e. The molecule has 3 aromatic rings. The second-order valence-corrected chi connectivity index (χ2v) is 6.22. The van der Waals surface area contributed by atoms with Crippen LogP contribution in [0.25, 0.3) is 0 Å². The summed E-state index contributed by atoms with van der Waals surface area (Å²) in [4.78, 5) is 16.7. The zero-order valence-electron chi connectivity index (χ0n) is 13.1. The summed E-state index contributed by atoms with van der Waals surface area (Å²) in [5.74, 6) is -0.457. The van der Waals surface area contributed by atoms with Gasteiger partial charge in [-0.05, 0) is 24.1 Å². The highest BCUT2D eigenvalue weighted by molar-refractivity contribution is 6.31. The van der Waals surface area contributed by atoms with Crippen LogP contribution in [0.15, 0.2) is 48.5 Å². The number of nitrogens with zero attached hydrogens (tertiary/aromatic N) is 3. The fraction of sp³-hybridized carbons (Fsp3) is 0.167.